The van der Waals surface area contributed by atoms with Gasteiger partial charge in [-0.2, -0.15) is 0 Å². The normalized spacial score (nSPS) is 10.5. The van der Waals surface area contributed by atoms with Gasteiger partial charge >= 0.3 is 0 Å². The molecule has 0 radical (unpaired) electrons. The Hall–Kier alpha value is -2.01. The van der Waals surface area contributed by atoms with E-state index < -0.39 is 0 Å². The van der Waals surface area contributed by atoms with E-state index in [-0.39, 0.29) is 5.82 Å². The molecule has 0 saturated carbocycles. The van der Waals surface area contributed by atoms with Crippen LogP contribution in [0.2, 0.25) is 0 Å². The number of ether oxygens (including phenoxy) is 1. The number of benzene rings is 1. The second kappa shape index (κ2) is 5.75. The summed E-state index contributed by atoms with van der Waals surface area (Å²) in [6, 6.07) is 6.45. The van der Waals surface area contributed by atoms with Crippen molar-refractivity contribution in [2.24, 2.45) is 0 Å². The van der Waals surface area contributed by atoms with E-state index in [1.807, 2.05) is 6.92 Å². The number of methoxy groups -OCH3 is 1. The Morgan fingerprint density at radius 2 is 2.05 bits per heavy atom. The van der Waals surface area contributed by atoms with E-state index in [2.05, 4.69) is 15.3 Å². The van der Waals surface area contributed by atoms with Gasteiger partial charge in [-0.05, 0) is 24.6 Å². The Labute approximate surface area is 111 Å². The molecule has 0 amide bonds. The Bertz CT molecular complexity index is 587. The van der Waals surface area contributed by atoms with Crippen molar-refractivity contribution in [1.29, 1.82) is 0 Å². The van der Waals surface area contributed by atoms with Crippen LogP contribution in [-0.2, 0) is 11.3 Å². The Morgan fingerprint density at radius 3 is 2.74 bits per heavy atom. The molecule has 0 spiro atoms. The van der Waals surface area contributed by atoms with Crippen LogP contribution in [0.3, 0.4) is 0 Å². The largest absolute Gasteiger partial charge is 0.377 e. The zero-order valence-corrected chi connectivity index (χ0v) is 11.2. The molecule has 0 aliphatic heterocycles. The predicted molar refractivity (Wildman–Crippen MR) is 72.4 cm³/mol. The number of rotatable bonds is 4. The van der Waals surface area contributed by atoms with Crippen molar-refractivity contribution in [2.45, 2.75) is 13.5 Å². The number of hydrogen-bond donors (Lipinski definition) is 1. The fourth-order valence-electron chi connectivity index (χ4n) is 1.83. The molecule has 4 nitrogen and oxygen atoms in total. The summed E-state index contributed by atoms with van der Waals surface area (Å²) in [5.41, 5.74) is 2.41. The van der Waals surface area contributed by atoms with Crippen LogP contribution in [0.1, 0.15) is 11.4 Å². The van der Waals surface area contributed by atoms with Crippen LogP contribution >= 0.6 is 0 Å². The van der Waals surface area contributed by atoms with Crippen LogP contribution in [0, 0.1) is 12.7 Å². The van der Waals surface area contributed by atoms with Gasteiger partial charge in [-0.1, -0.05) is 6.07 Å². The lowest BCUT2D eigenvalue weighted by molar-refractivity contribution is 0.178. The molecule has 100 valence electrons. The lowest BCUT2D eigenvalue weighted by atomic mass is 10.1. The molecule has 0 atom stereocenters. The number of halogens is 1. The average molecular weight is 261 g/mol. The quantitative estimate of drug-likeness (QED) is 0.919. The van der Waals surface area contributed by atoms with Crippen molar-refractivity contribution in [3.05, 3.63) is 41.5 Å². The Balaban J connectivity index is 2.54. The van der Waals surface area contributed by atoms with Gasteiger partial charge in [-0.15, -0.1) is 0 Å². The first-order valence-corrected chi connectivity index (χ1v) is 5.95. The van der Waals surface area contributed by atoms with Crippen molar-refractivity contribution >= 4 is 5.82 Å². The first-order chi connectivity index (χ1) is 9.13. The molecule has 19 heavy (non-hydrogen) atoms. The minimum absolute atomic E-state index is 0.279. The van der Waals surface area contributed by atoms with E-state index in [4.69, 9.17) is 4.74 Å². The minimum atomic E-state index is -0.279. The minimum Gasteiger partial charge on any atom is -0.377 e. The molecule has 5 heteroatoms. The van der Waals surface area contributed by atoms with E-state index in [9.17, 15) is 4.39 Å². The standard InChI is InChI=1S/C14H16FN3O/c1-9-4-5-10(15)6-11(9)12-7-13(16-2)18-14(17-12)8-19-3/h4-7H,8H2,1-3H3,(H,16,17,18). The third kappa shape index (κ3) is 3.06. The number of aromatic nitrogens is 2. The molecular formula is C14H16FN3O. The maximum Gasteiger partial charge on any atom is 0.157 e. The molecule has 1 aromatic heterocycles. The third-order valence-electron chi connectivity index (χ3n) is 2.78. The maximum absolute atomic E-state index is 13.4. The Kier molecular flexibility index (Phi) is 4.06. The van der Waals surface area contributed by atoms with Gasteiger partial charge < -0.3 is 10.1 Å². The summed E-state index contributed by atoms with van der Waals surface area (Å²) < 4.78 is 18.4. The second-order valence-electron chi connectivity index (χ2n) is 4.20. The van der Waals surface area contributed by atoms with Crippen LogP contribution in [-0.4, -0.2) is 24.1 Å². The highest BCUT2D eigenvalue weighted by Crippen LogP contribution is 2.24. The molecule has 0 unspecified atom stereocenters. The van der Waals surface area contributed by atoms with Crippen LogP contribution in [0.5, 0.6) is 0 Å². The number of aryl methyl sites for hydroxylation is 1. The SMILES string of the molecule is CNc1cc(-c2cc(F)ccc2C)nc(COC)n1. The molecule has 0 saturated heterocycles. The summed E-state index contributed by atoms with van der Waals surface area (Å²) in [5, 5.41) is 2.97. The number of anilines is 1. The second-order valence-corrected chi connectivity index (χ2v) is 4.20. The fourth-order valence-corrected chi connectivity index (χ4v) is 1.83. The average Bonchev–Trinajstić information content (AvgIpc) is 2.41. The third-order valence-corrected chi connectivity index (χ3v) is 2.78. The van der Waals surface area contributed by atoms with Gasteiger partial charge in [0.15, 0.2) is 5.82 Å². The van der Waals surface area contributed by atoms with Crippen molar-refractivity contribution in [2.75, 3.05) is 19.5 Å². The zero-order chi connectivity index (χ0) is 13.8. The molecule has 1 N–H and O–H groups in total. The van der Waals surface area contributed by atoms with Gasteiger partial charge in [-0.25, -0.2) is 14.4 Å². The molecule has 2 rings (SSSR count). The van der Waals surface area contributed by atoms with E-state index >= 15 is 0 Å². The van der Waals surface area contributed by atoms with Crippen LogP contribution < -0.4 is 5.32 Å². The van der Waals surface area contributed by atoms with E-state index in [1.54, 1.807) is 26.3 Å². The lowest BCUT2D eigenvalue weighted by Crippen LogP contribution is -2.03. The molecular weight excluding hydrogens is 245 g/mol. The highest BCUT2D eigenvalue weighted by Gasteiger charge is 2.09. The molecule has 1 heterocycles. The van der Waals surface area contributed by atoms with E-state index in [0.29, 0.717) is 23.9 Å². The number of nitrogens with zero attached hydrogens (tertiary/aromatic N) is 2. The first kappa shape index (κ1) is 13.4. The molecule has 0 bridgehead atoms. The molecule has 0 aliphatic carbocycles. The van der Waals surface area contributed by atoms with Gasteiger partial charge in [0.2, 0.25) is 0 Å². The summed E-state index contributed by atoms with van der Waals surface area (Å²) in [6.45, 7) is 2.24. The van der Waals surface area contributed by atoms with Crippen LogP contribution in [0.25, 0.3) is 11.3 Å². The van der Waals surface area contributed by atoms with Crippen molar-refractivity contribution in [3.8, 4) is 11.3 Å². The summed E-state index contributed by atoms with van der Waals surface area (Å²) in [7, 11) is 3.36. The summed E-state index contributed by atoms with van der Waals surface area (Å²) >= 11 is 0. The molecule has 0 aliphatic rings. The molecule has 1 aromatic carbocycles. The van der Waals surface area contributed by atoms with Gasteiger partial charge in [0.25, 0.3) is 0 Å². The van der Waals surface area contributed by atoms with E-state index in [0.717, 1.165) is 11.1 Å². The monoisotopic (exact) mass is 261 g/mol. The maximum atomic E-state index is 13.4. The molecule has 2 aromatic rings. The van der Waals surface area contributed by atoms with Crippen LogP contribution in [0.4, 0.5) is 10.2 Å². The zero-order valence-electron chi connectivity index (χ0n) is 11.2. The number of nitrogens with one attached hydrogen (secondary N) is 1. The van der Waals surface area contributed by atoms with Gasteiger partial charge in [0.05, 0.1) is 5.69 Å². The van der Waals surface area contributed by atoms with Crippen molar-refractivity contribution < 1.29 is 9.13 Å². The van der Waals surface area contributed by atoms with Gasteiger partial charge in [0.1, 0.15) is 18.2 Å². The highest BCUT2D eigenvalue weighted by atomic mass is 19.1. The smallest absolute Gasteiger partial charge is 0.157 e. The Morgan fingerprint density at radius 1 is 1.26 bits per heavy atom. The van der Waals surface area contributed by atoms with Crippen molar-refractivity contribution in [1.82, 2.24) is 9.97 Å². The van der Waals surface area contributed by atoms with Gasteiger partial charge in [0, 0.05) is 25.8 Å². The predicted octanol–water partition coefficient (Wildman–Crippen LogP) is 2.78. The first-order valence-electron chi connectivity index (χ1n) is 5.95. The van der Waals surface area contributed by atoms with Crippen molar-refractivity contribution in [3.63, 3.8) is 0 Å². The van der Waals surface area contributed by atoms with E-state index in [1.165, 1.54) is 12.1 Å². The van der Waals surface area contributed by atoms with Crippen LogP contribution in [0.15, 0.2) is 24.3 Å². The summed E-state index contributed by atoms with van der Waals surface area (Å²) in [5.74, 6) is 0.965. The van der Waals surface area contributed by atoms with Gasteiger partial charge in [-0.3, -0.25) is 0 Å². The highest BCUT2D eigenvalue weighted by molar-refractivity contribution is 5.66. The summed E-state index contributed by atoms with van der Waals surface area (Å²) in [6.07, 6.45) is 0. The summed E-state index contributed by atoms with van der Waals surface area (Å²) in [4.78, 5) is 8.68. The topological polar surface area (TPSA) is 47.0 Å². The fraction of sp³-hybridized carbons (Fsp3) is 0.286. The number of hydrogen-bond acceptors (Lipinski definition) is 4. The molecule has 0 fully saturated rings. The lowest BCUT2D eigenvalue weighted by Gasteiger charge is -2.09.